The van der Waals surface area contributed by atoms with Crippen LogP contribution >= 0.6 is 15.9 Å². The molecule has 1 aromatic rings. The number of esters is 1. The number of rotatable bonds is 2. The van der Waals surface area contributed by atoms with Gasteiger partial charge in [0, 0.05) is 4.47 Å². The van der Waals surface area contributed by atoms with Crippen molar-refractivity contribution in [3.63, 3.8) is 0 Å². The van der Waals surface area contributed by atoms with Crippen LogP contribution in [0.2, 0.25) is 0 Å². The number of methoxy groups -OCH3 is 1. The van der Waals surface area contributed by atoms with Crippen LogP contribution in [0.3, 0.4) is 0 Å². The molecule has 3 unspecified atom stereocenters. The molecule has 0 bridgehead atoms. The van der Waals surface area contributed by atoms with E-state index in [1.54, 1.807) is 0 Å². The zero-order chi connectivity index (χ0) is 17.7. The molecule has 2 nitrogen and oxygen atoms in total. The molecule has 132 valence electrons. The van der Waals surface area contributed by atoms with Gasteiger partial charge in [-0.3, -0.25) is 4.79 Å². The van der Waals surface area contributed by atoms with E-state index in [1.165, 1.54) is 28.3 Å². The van der Waals surface area contributed by atoms with Crippen LogP contribution in [0, 0.1) is 11.3 Å². The van der Waals surface area contributed by atoms with Gasteiger partial charge >= 0.3 is 5.97 Å². The molecule has 1 saturated carbocycles. The normalized spacial score (nSPS) is 32.2. The van der Waals surface area contributed by atoms with Crippen LogP contribution in [0.5, 0.6) is 0 Å². The third-order valence-corrected chi connectivity index (χ3v) is 7.43. The highest BCUT2D eigenvalue weighted by molar-refractivity contribution is 9.10. The van der Waals surface area contributed by atoms with Crippen LogP contribution in [-0.4, -0.2) is 13.1 Å². The molecular weight excluding hydrogens is 364 g/mol. The topological polar surface area (TPSA) is 26.3 Å². The number of ether oxygens (including phenoxy) is 1. The molecule has 0 aromatic heterocycles. The van der Waals surface area contributed by atoms with E-state index < -0.39 is 0 Å². The number of benzene rings is 1. The molecule has 2 aliphatic carbocycles. The fraction of sp³-hybridized carbons (Fsp3) is 0.667. The van der Waals surface area contributed by atoms with Crippen molar-refractivity contribution in [2.45, 2.75) is 71.1 Å². The molecule has 3 heteroatoms. The lowest BCUT2D eigenvalue weighted by molar-refractivity contribution is -0.161. The summed E-state index contributed by atoms with van der Waals surface area (Å²) in [5.41, 5.74) is 4.03. The number of carbonyl (C=O) groups is 1. The molecule has 0 aliphatic heterocycles. The summed E-state index contributed by atoms with van der Waals surface area (Å²) in [5, 5.41) is 0. The molecule has 0 radical (unpaired) electrons. The number of aryl methyl sites for hydroxylation is 1. The maximum atomic E-state index is 12.6. The zero-order valence-electron chi connectivity index (χ0n) is 15.5. The largest absolute Gasteiger partial charge is 0.469 e. The molecule has 0 saturated heterocycles. The number of hydrogen-bond donors (Lipinski definition) is 0. The third-order valence-electron chi connectivity index (χ3n) is 6.74. The fourth-order valence-corrected chi connectivity index (χ4v) is 6.23. The maximum absolute atomic E-state index is 12.6. The summed E-state index contributed by atoms with van der Waals surface area (Å²) in [6.45, 7) is 8.99. The van der Waals surface area contributed by atoms with Gasteiger partial charge in [0.05, 0.1) is 12.5 Å². The Morgan fingerprint density at radius 2 is 2.00 bits per heavy atom. The Hall–Kier alpha value is -0.830. The quantitative estimate of drug-likeness (QED) is 0.598. The van der Waals surface area contributed by atoms with Gasteiger partial charge in [0.1, 0.15) is 0 Å². The van der Waals surface area contributed by atoms with Crippen molar-refractivity contribution in [2.24, 2.45) is 11.3 Å². The summed E-state index contributed by atoms with van der Waals surface area (Å²) >= 11 is 3.80. The van der Waals surface area contributed by atoms with Gasteiger partial charge in [-0.25, -0.2) is 0 Å². The van der Waals surface area contributed by atoms with Crippen LogP contribution in [0.1, 0.15) is 76.0 Å². The van der Waals surface area contributed by atoms with Gasteiger partial charge in [-0.05, 0) is 72.6 Å². The lowest BCUT2D eigenvalue weighted by Gasteiger charge is -2.54. The van der Waals surface area contributed by atoms with Gasteiger partial charge in [-0.2, -0.15) is 0 Å². The van der Waals surface area contributed by atoms with Crippen LogP contribution in [0.25, 0.3) is 0 Å². The van der Waals surface area contributed by atoms with E-state index in [4.69, 9.17) is 4.74 Å². The summed E-state index contributed by atoms with van der Waals surface area (Å²) in [4.78, 5) is 12.6. The van der Waals surface area contributed by atoms with E-state index in [0.717, 1.165) is 32.1 Å². The SMILES string of the molecule is COC(=O)C1(C)CCCC2(C)c3cc(Br)c(C(C)C)cc3CCC12. The molecular formula is C21H29BrO2. The van der Waals surface area contributed by atoms with Crippen molar-refractivity contribution < 1.29 is 9.53 Å². The Kier molecular flexibility index (Phi) is 4.61. The third kappa shape index (κ3) is 2.55. The number of carbonyl (C=O) groups excluding carboxylic acids is 1. The predicted octanol–water partition coefficient (Wildman–Crippen LogP) is 5.76. The second kappa shape index (κ2) is 6.16. The number of halogens is 1. The van der Waals surface area contributed by atoms with E-state index in [0.29, 0.717) is 11.8 Å². The van der Waals surface area contributed by atoms with Crippen molar-refractivity contribution in [3.8, 4) is 0 Å². The summed E-state index contributed by atoms with van der Waals surface area (Å²) < 4.78 is 6.41. The first-order valence-electron chi connectivity index (χ1n) is 9.15. The summed E-state index contributed by atoms with van der Waals surface area (Å²) in [5.74, 6) is 0.845. The summed E-state index contributed by atoms with van der Waals surface area (Å²) in [7, 11) is 1.53. The van der Waals surface area contributed by atoms with Crippen molar-refractivity contribution in [3.05, 3.63) is 33.3 Å². The molecule has 3 rings (SSSR count). The van der Waals surface area contributed by atoms with E-state index in [-0.39, 0.29) is 16.8 Å². The van der Waals surface area contributed by atoms with Gasteiger partial charge in [0.15, 0.2) is 0 Å². The van der Waals surface area contributed by atoms with Crippen molar-refractivity contribution in [1.29, 1.82) is 0 Å². The second-order valence-electron chi connectivity index (χ2n) is 8.46. The molecule has 1 fully saturated rings. The first kappa shape index (κ1) is 18.0. The Bertz CT molecular complexity index is 666. The van der Waals surface area contributed by atoms with Gasteiger partial charge in [-0.15, -0.1) is 0 Å². The monoisotopic (exact) mass is 392 g/mol. The van der Waals surface area contributed by atoms with Crippen molar-refractivity contribution in [1.82, 2.24) is 0 Å². The van der Waals surface area contributed by atoms with Crippen LogP contribution in [0.15, 0.2) is 16.6 Å². The lowest BCUT2D eigenvalue weighted by atomic mass is 9.49. The number of hydrogen-bond acceptors (Lipinski definition) is 2. The highest BCUT2D eigenvalue weighted by Crippen LogP contribution is 2.58. The molecule has 1 aromatic carbocycles. The highest BCUT2D eigenvalue weighted by atomic mass is 79.9. The molecule has 0 amide bonds. The Labute approximate surface area is 154 Å². The minimum absolute atomic E-state index is 0.0280. The van der Waals surface area contributed by atoms with Gasteiger partial charge < -0.3 is 4.74 Å². The van der Waals surface area contributed by atoms with Crippen molar-refractivity contribution in [2.75, 3.05) is 7.11 Å². The zero-order valence-corrected chi connectivity index (χ0v) is 17.1. The minimum Gasteiger partial charge on any atom is -0.469 e. The first-order valence-corrected chi connectivity index (χ1v) is 9.94. The first-order chi connectivity index (χ1) is 11.2. The maximum Gasteiger partial charge on any atom is 0.311 e. The molecule has 0 N–H and O–H groups in total. The molecule has 24 heavy (non-hydrogen) atoms. The molecule has 3 atom stereocenters. The van der Waals surface area contributed by atoms with Crippen molar-refractivity contribution >= 4 is 21.9 Å². The minimum atomic E-state index is -0.358. The van der Waals surface area contributed by atoms with Gasteiger partial charge in [0.2, 0.25) is 0 Å². The number of fused-ring (bicyclic) bond motifs is 3. The van der Waals surface area contributed by atoms with E-state index in [2.05, 4.69) is 55.8 Å². The second-order valence-corrected chi connectivity index (χ2v) is 9.31. The standard InChI is InChI=1S/C21H29BrO2/c1-13(2)15-11-14-7-8-18-20(3,16(14)12-17(15)22)9-6-10-21(18,4)19(23)24-5/h11-13,18H,6-10H2,1-5H3. The smallest absolute Gasteiger partial charge is 0.311 e. The Morgan fingerprint density at radius 3 is 2.62 bits per heavy atom. The lowest BCUT2D eigenvalue weighted by Crippen LogP contribution is -2.52. The Morgan fingerprint density at radius 1 is 1.29 bits per heavy atom. The molecule has 0 heterocycles. The van der Waals surface area contributed by atoms with E-state index in [9.17, 15) is 4.79 Å². The predicted molar refractivity (Wildman–Crippen MR) is 101 cm³/mol. The average molecular weight is 393 g/mol. The van der Waals surface area contributed by atoms with Crippen LogP contribution in [0.4, 0.5) is 0 Å². The Balaban J connectivity index is 2.11. The molecule has 2 aliphatic rings. The molecule has 0 spiro atoms. The van der Waals surface area contributed by atoms with Gasteiger partial charge in [0.25, 0.3) is 0 Å². The highest BCUT2D eigenvalue weighted by Gasteiger charge is 2.55. The summed E-state index contributed by atoms with van der Waals surface area (Å²) in [6.07, 6.45) is 5.33. The van der Waals surface area contributed by atoms with E-state index >= 15 is 0 Å². The van der Waals surface area contributed by atoms with E-state index in [1.807, 2.05) is 0 Å². The average Bonchev–Trinajstić information content (AvgIpc) is 2.53. The van der Waals surface area contributed by atoms with Crippen LogP contribution < -0.4 is 0 Å². The fourth-order valence-electron chi connectivity index (χ4n) is 5.43. The van der Waals surface area contributed by atoms with Gasteiger partial charge in [-0.1, -0.05) is 49.2 Å². The summed E-state index contributed by atoms with van der Waals surface area (Å²) in [6, 6.07) is 4.75. The van der Waals surface area contributed by atoms with Crippen LogP contribution in [-0.2, 0) is 21.4 Å².